The summed E-state index contributed by atoms with van der Waals surface area (Å²) in [6.45, 7) is 7.34. The molecule has 6 rings (SSSR count). The van der Waals surface area contributed by atoms with Crippen LogP contribution in [0.25, 0.3) is 11.0 Å². The molecule has 1 aliphatic rings. The number of imidazole rings is 2. The minimum Gasteiger partial charge on any atom is -0.490 e. The van der Waals surface area contributed by atoms with Crippen molar-refractivity contribution in [1.29, 1.82) is 5.26 Å². The number of fused-ring (bicyclic) bond motifs is 1. The van der Waals surface area contributed by atoms with E-state index < -0.39 is 5.82 Å². The number of aromatic nitrogens is 4. The zero-order chi connectivity index (χ0) is 32.9. The molecular weight excluding hydrogens is 599 g/mol. The van der Waals surface area contributed by atoms with Gasteiger partial charge in [-0.05, 0) is 80.8 Å². The normalized spacial score (nSPS) is 14.0. The number of benzene rings is 3. The lowest BCUT2D eigenvalue weighted by Gasteiger charge is -2.32. The number of methoxy groups -OCH3 is 1. The summed E-state index contributed by atoms with van der Waals surface area (Å²) in [6.07, 6.45) is 5.49. The van der Waals surface area contributed by atoms with Gasteiger partial charge in [0, 0.05) is 25.3 Å². The number of ether oxygens (including phenoxy) is 3. The number of carbonyl (C=O) groups excluding carboxylic acids is 1. The van der Waals surface area contributed by atoms with E-state index in [0.717, 1.165) is 59.8 Å². The molecule has 3 aromatic carbocycles. The Morgan fingerprint density at radius 3 is 2.66 bits per heavy atom. The molecule has 0 atom stereocenters. The Balaban J connectivity index is 1.11. The number of hydrogen-bond donors (Lipinski definition) is 0. The Labute approximate surface area is 272 Å². The third kappa shape index (κ3) is 7.28. The van der Waals surface area contributed by atoms with Gasteiger partial charge in [-0.25, -0.2) is 19.2 Å². The van der Waals surface area contributed by atoms with Crippen molar-refractivity contribution in [3.05, 3.63) is 107 Å². The van der Waals surface area contributed by atoms with Crippen LogP contribution in [0.15, 0.2) is 73.2 Å². The molecule has 0 radical (unpaired) electrons. The molecule has 10 nitrogen and oxygen atoms in total. The minimum absolute atomic E-state index is 0.0558. The summed E-state index contributed by atoms with van der Waals surface area (Å²) >= 11 is 0. The number of piperidine rings is 1. The van der Waals surface area contributed by atoms with E-state index in [0.29, 0.717) is 18.7 Å². The van der Waals surface area contributed by atoms with Crippen molar-refractivity contribution in [3.8, 4) is 17.6 Å². The number of likely N-dealkylation sites (tertiary alicyclic amines) is 1. The molecule has 1 aliphatic heterocycles. The lowest BCUT2D eigenvalue weighted by molar-refractivity contribution is 0.0601. The van der Waals surface area contributed by atoms with Crippen LogP contribution in [0.1, 0.15) is 65.7 Å². The zero-order valence-electron chi connectivity index (χ0n) is 26.7. The van der Waals surface area contributed by atoms with Crippen LogP contribution in [-0.4, -0.2) is 56.3 Å². The highest BCUT2D eigenvalue weighted by atomic mass is 19.1. The third-order valence-electron chi connectivity index (χ3n) is 8.43. The Bertz CT molecular complexity index is 1920. The van der Waals surface area contributed by atoms with Gasteiger partial charge in [-0.15, -0.1) is 0 Å². The van der Waals surface area contributed by atoms with Crippen LogP contribution in [0.3, 0.4) is 0 Å². The molecule has 0 spiro atoms. The topological polar surface area (TPSA) is 107 Å². The summed E-state index contributed by atoms with van der Waals surface area (Å²) in [4.78, 5) is 24.1. The first-order valence-electron chi connectivity index (χ1n) is 15.7. The molecule has 3 heterocycles. The van der Waals surface area contributed by atoms with E-state index in [9.17, 15) is 9.18 Å². The summed E-state index contributed by atoms with van der Waals surface area (Å²) in [5.41, 5.74) is 4.36. The van der Waals surface area contributed by atoms with Crippen molar-refractivity contribution in [2.75, 3.05) is 20.2 Å². The predicted molar refractivity (Wildman–Crippen MR) is 174 cm³/mol. The van der Waals surface area contributed by atoms with Crippen LogP contribution in [-0.2, 0) is 24.4 Å². The Morgan fingerprint density at radius 1 is 1.09 bits per heavy atom. The van der Waals surface area contributed by atoms with Gasteiger partial charge < -0.3 is 23.3 Å². The summed E-state index contributed by atoms with van der Waals surface area (Å²) in [7, 11) is 1.39. The van der Waals surface area contributed by atoms with Crippen LogP contribution in [0.2, 0.25) is 0 Å². The monoisotopic (exact) mass is 636 g/mol. The fraction of sp³-hybridized carbons (Fsp3) is 0.333. The number of nitriles is 1. The summed E-state index contributed by atoms with van der Waals surface area (Å²) in [5.74, 6) is 0.824. The lowest BCUT2D eigenvalue weighted by Crippen LogP contribution is -2.38. The molecule has 1 saturated heterocycles. The maximum absolute atomic E-state index is 14.2. The molecule has 1 fully saturated rings. The van der Waals surface area contributed by atoms with Crippen molar-refractivity contribution < 1.29 is 23.4 Å². The van der Waals surface area contributed by atoms with Crippen molar-refractivity contribution in [2.24, 2.45) is 0 Å². The number of esters is 1. The van der Waals surface area contributed by atoms with Crippen LogP contribution in [0, 0.1) is 17.1 Å². The van der Waals surface area contributed by atoms with Crippen molar-refractivity contribution in [1.82, 2.24) is 24.0 Å². The molecule has 0 saturated carbocycles. The first-order valence-corrected chi connectivity index (χ1v) is 15.7. The van der Waals surface area contributed by atoms with Gasteiger partial charge in [-0.1, -0.05) is 12.1 Å². The highest BCUT2D eigenvalue weighted by Crippen LogP contribution is 2.26. The fourth-order valence-electron chi connectivity index (χ4n) is 5.93. The van der Waals surface area contributed by atoms with E-state index in [1.165, 1.54) is 25.3 Å². The van der Waals surface area contributed by atoms with Gasteiger partial charge in [0.25, 0.3) is 0 Å². The van der Waals surface area contributed by atoms with E-state index >= 15 is 0 Å². The molecule has 0 unspecified atom stereocenters. The molecule has 2 aromatic heterocycles. The smallest absolute Gasteiger partial charge is 0.337 e. The average molecular weight is 637 g/mol. The van der Waals surface area contributed by atoms with Crippen molar-refractivity contribution in [3.63, 3.8) is 0 Å². The molecule has 47 heavy (non-hydrogen) atoms. The number of nitrogens with zero attached hydrogens (tertiary/aromatic N) is 6. The fourth-order valence-corrected chi connectivity index (χ4v) is 5.93. The summed E-state index contributed by atoms with van der Waals surface area (Å²) < 4.78 is 35.6. The minimum atomic E-state index is -0.563. The second-order valence-electron chi connectivity index (χ2n) is 12.0. The number of hydrogen-bond acceptors (Lipinski definition) is 8. The number of carbonyl (C=O) groups is 1. The first-order chi connectivity index (χ1) is 22.8. The molecule has 0 aliphatic carbocycles. The Hall–Kier alpha value is -5.21. The molecule has 0 N–H and O–H groups in total. The highest BCUT2D eigenvalue weighted by Gasteiger charge is 2.24. The maximum Gasteiger partial charge on any atom is 0.337 e. The van der Waals surface area contributed by atoms with Crippen LogP contribution >= 0.6 is 0 Å². The van der Waals surface area contributed by atoms with E-state index in [-0.39, 0.29) is 36.0 Å². The van der Waals surface area contributed by atoms with Gasteiger partial charge in [0.2, 0.25) is 0 Å². The summed E-state index contributed by atoms with van der Waals surface area (Å²) in [6, 6.07) is 19.5. The van der Waals surface area contributed by atoms with Crippen LogP contribution in [0.5, 0.6) is 11.5 Å². The second-order valence-corrected chi connectivity index (χ2v) is 12.0. The van der Waals surface area contributed by atoms with Gasteiger partial charge in [0.15, 0.2) is 11.6 Å². The van der Waals surface area contributed by atoms with Crippen LogP contribution < -0.4 is 9.47 Å². The van der Waals surface area contributed by atoms with Crippen LogP contribution in [0.4, 0.5) is 4.39 Å². The Kier molecular flexibility index (Phi) is 9.50. The molecule has 0 amide bonds. The molecule has 11 heteroatoms. The van der Waals surface area contributed by atoms with Crippen molar-refractivity contribution in [2.45, 2.75) is 58.5 Å². The highest BCUT2D eigenvalue weighted by molar-refractivity contribution is 5.93. The van der Waals surface area contributed by atoms with E-state index in [1.54, 1.807) is 6.07 Å². The zero-order valence-corrected chi connectivity index (χ0v) is 26.7. The molecule has 5 aromatic rings. The lowest BCUT2D eigenvalue weighted by atomic mass is 10.1. The van der Waals surface area contributed by atoms with E-state index in [1.807, 2.05) is 55.0 Å². The molecule has 242 valence electrons. The van der Waals surface area contributed by atoms with Gasteiger partial charge in [0.1, 0.15) is 24.3 Å². The average Bonchev–Trinajstić information content (AvgIpc) is 3.69. The maximum atomic E-state index is 14.2. The number of rotatable bonds is 11. The van der Waals surface area contributed by atoms with Crippen molar-refractivity contribution >= 4 is 17.0 Å². The SMILES string of the molecule is COC(=O)c1ccc2nc(CN3CCC(Oc4cccc(COc5ccc(C#N)cc5F)c4)CC3)n(Cc3cncn3C(C)C)c2c1. The third-order valence-corrected chi connectivity index (χ3v) is 8.43. The summed E-state index contributed by atoms with van der Waals surface area (Å²) in [5, 5.41) is 8.95. The van der Waals surface area contributed by atoms with E-state index in [2.05, 4.69) is 32.9 Å². The standard InChI is InChI=1S/C36H37FN6O4/c1-24(2)43-23-39-19-28(43)20-42-33-17-27(36(44)45-3)8-9-32(33)40-35(42)21-41-13-11-29(12-14-41)47-30-6-4-5-26(15-30)22-46-34-10-7-25(18-38)16-31(34)37/h4-10,15-17,19,23-24,29H,11-14,20-22H2,1-3H3. The van der Waals surface area contributed by atoms with Gasteiger partial charge >= 0.3 is 5.97 Å². The van der Waals surface area contributed by atoms with Gasteiger partial charge in [0.05, 0.1) is 60.5 Å². The van der Waals surface area contributed by atoms with Gasteiger partial charge in [-0.2, -0.15) is 5.26 Å². The second kappa shape index (κ2) is 14.1. The van der Waals surface area contributed by atoms with Gasteiger partial charge in [-0.3, -0.25) is 4.90 Å². The largest absolute Gasteiger partial charge is 0.490 e. The van der Waals surface area contributed by atoms with E-state index in [4.69, 9.17) is 24.5 Å². The quantitative estimate of drug-likeness (QED) is 0.156. The first kappa shape index (κ1) is 31.8. The Morgan fingerprint density at radius 2 is 1.91 bits per heavy atom. The predicted octanol–water partition coefficient (Wildman–Crippen LogP) is 6.28. The molecule has 0 bridgehead atoms. The molecular formula is C36H37FN6O4. The number of halogens is 1.